The first-order chi connectivity index (χ1) is 29.6. The molecule has 4 heteroatoms. The van der Waals surface area contributed by atoms with E-state index in [0.717, 1.165) is 83.2 Å². The molecule has 0 radical (unpaired) electrons. The summed E-state index contributed by atoms with van der Waals surface area (Å²) in [6, 6.07) is 42.6. The van der Waals surface area contributed by atoms with E-state index in [1.165, 1.54) is 48.7 Å². The van der Waals surface area contributed by atoms with Crippen LogP contribution in [-0.2, 0) is 5.41 Å². The maximum Gasteiger partial charge on any atom is 0.155 e. The fraction of sp³-hybridized carbons (Fsp3) is 0.161. The zero-order valence-corrected chi connectivity index (χ0v) is 34.7. The van der Waals surface area contributed by atoms with Crippen LogP contribution >= 0.6 is 11.8 Å². The van der Waals surface area contributed by atoms with Crippen molar-refractivity contribution in [1.29, 1.82) is 0 Å². The SMILES string of the molecule is C=CCCC(=C)C1=NC(c2ccc3c(c2)C2(c4cc(-c5cccc6cccnc56)ccc4S3)c3ccccc3-c3ccccc32)=NC(C(/C=C/C2=CCCC=C2)CC=C)C1. The van der Waals surface area contributed by atoms with Crippen molar-refractivity contribution in [2.45, 2.75) is 59.8 Å². The molecule has 6 aromatic rings. The lowest BCUT2D eigenvalue weighted by Crippen LogP contribution is -2.32. The average Bonchev–Trinajstić information content (AvgIpc) is 3.60. The monoisotopic (exact) mass is 793 g/mol. The number of fused-ring (bicyclic) bond motifs is 10. The van der Waals surface area contributed by atoms with Gasteiger partial charge in [0.05, 0.1) is 17.0 Å². The zero-order valence-electron chi connectivity index (χ0n) is 33.9. The number of hydrogen-bond acceptors (Lipinski definition) is 4. The lowest BCUT2D eigenvalue weighted by atomic mass is 9.66. The first kappa shape index (κ1) is 37.9. The van der Waals surface area contributed by atoms with E-state index < -0.39 is 5.41 Å². The first-order valence-electron chi connectivity index (χ1n) is 21.2. The molecule has 0 bridgehead atoms. The van der Waals surface area contributed by atoms with Gasteiger partial charge in [-0.25, -0.2) is 4.99 Å². The van der Waals surface area contributed by atoms with Crippen molar-refractivity contribution in [3.8, 4) is 22.3 Å². The molecule has 292 valence electrons. The van der Waals surface area contributed by atoms with Crippen LogP contribution in [0.1, 0.15) is 66.3 Å². The van der Waals surface area contributed by atoms with E-state index >= 15 is 0 Å². The molecule has 2 aliphatic heterocycles. The Morgan fingerprint density at radius 3 is 2.22 bits per heavy atom. The molecular formula is C56H47N3S. The molecular weight excluding hydrogens is 747 g/mol. The van der Waals surface area contributed by atoms with Gasteiger partial charge in [-0.3, -0.25) is 9.98 Å². The van der Waals surface area contributed by atoms with Gasteiger partial charge in [0.25, 0.3) is 0 Å². The largest absolute Gasteiger partial charge is 0.262 e. The Balaban J connectivity index is 1.17. The van der Waals surface area contributed by atoms with Gasteiger partial charge in [-0.05, 0) is 113 Å². The van der Waals surface area contributed by atoms with Crippen molar-refractivity contribution < 1.29 is 0 Å². The van der Waals surface area contributed by atoms with E-state index in [9.17, 15) is 0 Å². The van der Waals surface area contributed by atoms with E-state index in [-0.39, 0.29) is 12.0 Å². The molecule has 0 saturated heterocycles. The van der Waals surface area contributed by atoms with Gasteiger partial charge in [0.1, 0.15) is 0 Å². The molecule has 1 aromatic heterocycles. The topological polar surface area (TPSA) is 37.6 Å². The zero-order chi connectivity index (χ0) is 40.6. The van der Waals surface area contributed by atoms with Gasteiger partial charge < -0.3 is 0 Å². The van der Waals surface area contributed by atoms with Crippen LogP contribution in [0.4, 0.5) is 0 Å². The van der Waals surface area contributed by atoms with Crippen molar-refractivity contribution in [3.63, 3.8) is 0 Å². The second kappa shape index (κ2) is 16.0. The van der Waals surface area contributed by atoms with Crippen molar-refractivity contribution in [1.82, 2.24) is 4.98 Å². The van der Waals surface area contributed by atoms with Crippen LogP contribution in [0.25, 0.3) is 33.2 Å². The number of amidine groups is 1. The molecule has 10 rings (SSSR count). The molecule has 0 N–H and O–H groups in total. The van der Waals surface area contributed by atoms with Crippen molar-refractivity contribution in [2.24, 2.45) is 15.9 Å². The number of rotatable bonds is 11. The highest BCUT2D eigenvalue weighted by molar-refractivity contribution is 7.99. The van der Waals surface area contributed by atoms with Gasteiger partial charge in [-0.1, -0.05) is 146 Å². The summed E-state index contributed by atoms with van der Waals surface area (Å²) in [4.78, 5) is 18.3. The molecule has 2 unspecified atom stereocenters. The van der Waals surface area contributed by atoms with Crippen LogP contribution < -0.4 is 0 Å². The van der Waals surface area contributed by atoms with E-state index in [2.05, 4.69) is 159 Å². The minimum absolute atomic E-state index is 0.0136. The predicted molar refractivity (Wildman–Crippen MR) is 253 cm³/mol. The van der Waals surface area contributed by atoms with Crippen molar-refractivity contribution in [2.75, 3.05) is 0 Å². The predicted octanol–water partition coefficient (Wildman–Crippen LogP) is 14.2. The summed E-state index contributed by atoms with van der Waals surface area (Å²) in [6.45, 7) is 12.7. The Labute approximate surface area is 358 Å². The Bertz CT molecular complexity index is 2830. The fourth-order valence-corrected chi connectivity index (χ4v) is 10.9. The number of pyridine rings is 1. The van der Waals surface area contributed by atoms with Crippen LogP contribution in [-0.4, -0.2) is 22.6 Å². The molecule has 60 heavy (non-hydrogen) atoms. The smallest absolute Gasteiger partial charge is 0.155 e. The average molecular weight is 794 g/mol. The van der Waals surface area contributed by atoms with E-state index in [4.69, 9.17) is 15.0 Å². The minimum Gasteiger partial charge on any atom is -0.262 e. The van der Waals surface area contributed by atoms with Crippen LogP contribution in [0.15, 0.2) is 215 Å². The number of benzene rings is 5. The van der Waals surface area contributed by atoms with Gasteiger partial charge >= 0.3 is 0 Å². The van der Waals surface area contributed by atoms with Crippen molar-refractivity contribution >= 4 is 34.2 Å². The van der Waals surface area contributed by atoms with Crippen molar-refractivity contribution in [3.05, 3.63) is 223 Å². The summed E-state index contributed by atoms with van der Waals surface area (Å²) in [5, 5.41) is 1.13. The molecule has 0 fully saturated rings. The normalized spacial score (nSPS) is 17.5. The fourth-order valence-electron chi connectivity index (χ4n) is 9.73. The van der Waals surface area contributed by atoms with Gasteiger partial charge in [-0.15, -0.1) is 13.2 Å². The molecule has 0 amide bonds. The van der Waals surface area contributed by atoms with E-state index in [1.54, 1.807) is 0 Å². The van der Waals surface area contributed by atoms with E-state index in [1.807, 2.05) is 36.2 Å². The molecule has 1 spiro atoms. The Kier molecular flexibility index (Phi) is 10.1. The number of aliphatic imine (C=N–C) groups is 2. The third-order valence-corrected chi connectivity index (χ3v) is 13.8. The van der Waals surface area contributed by atoms with Crippen LogP contribution in [0, 0.1) is 5.92 Å². The molecule has 2 aliphatic carbocycles. The summed E-state index contributed by atoms with van der Waals surface area (Å²) in [5.74, 6) is 0.928. The van der Waals surface area contributed by atoms with Gasteiger partial charge in [0, 0.05) is 50.6 Å². The van der Waals surface area contributed by atoms with E-state index in [0.29, 0.717) is 0 Å². The second-order valence-corrected chi connectivity index (χ2v) is 17.3. The quantitative estimate of drug-likeness (QED) is 0.122. The first-order valence-corrected chi connectivity index (χ1v) is 22.0. The molecule has 5 aromatic carbocycles. The number of allylic oxidation sites excluding steroid dienone is 8. The Morgan fingerprint density at radius 1 is 0.767 bits per heavy atom. The lowest BCUT2D eigenvalue weighted by Gasteiger charge is -2.40. The molecule has 3 nitrogen and oxygen atoms in total. The lowest BCUT2D eigenvalue weighted by molar-refractivity contribution is 0.517. The summed E-state index contributed by atoms with van der Waals surface area (Å²) < 4.78 is 0. The number of para-hydroxylation sites is 1. The summed E-state index contributed by atoms with van der Waals surface area (Å²) in [7, 11) is 0. The number of nitrogens with zero attached hydrogens (tertiary/aromatic N) is 3. The highest BCUT2D eigenvalue weighted by Gasteiger charge is 2.50. The summed E-state index contributed by atoms with van der Waals surface area (Å²) in [5.41, 5.74) is 14.8. The summed E-state index contributed by atoms with van der Waals surface area (Å²) >= 11 is 1.86. The van der Waals surface area contributed by atoms with Gasteiger partial charge in [-0.2, -0.15) is 0 Å². The van der Waals surface area contributed by atoms with Gasteiger partial charge in [0.15, 0.2) is 5.84 Å². The summed E-state index contributed by atoms with van der Waals surface area (Å²) in [6.07, 6.45) is 22.7. The Hall–Kier alpha value is -6.36. The van der Waals surface area contributed by atoms with Gasteiger partial charge in [0.2, 0.25) is 0 Å². The molecule has 2 atom stereocenters. The van der Waals surface area contributed by atoms with Crippen LogP contribution in [0.5, 0.6) is 0 Å². The highest BCUT2D eigenvalue weighted by Crippen LogP contribution is 2.62. The highest BCUT2D eigenvalue weighted by atomic mass is 32.2. The standard InChI is InChI=1S/C56H47N3S/c1-4-6-17-37(3)50-36-51(39(16-5-2)28-27-38-18-8-7-9-19-38)59-55(58-50)42-30-32-53-49(35-42)56(46-25-12-10-22-44(46)45-23-11-13-26-47(45)56)48-34-41(29-31-52(48)60-53)43-24-14-20-40-21-15-33-57-54(40)43/h4-5,8,10-15,18-35,39,51H,1-3,6-7,9,16-17,36H2/b28-27+. The number of aromatic nitrogens is 1. The molecule has 0 saturated carbocycles. The minimum atomic E-state index is -0.572. The second-order valence-electron chi connectivity index (χ2n) is 16.2. The maximum atomic E-state index is 5.54. The molecule has 4 aliphatic rings. The maximum absolute atomic E-state index is 5.54. The third-order valence-electron chi connectivity index (χ3n) is 12.6. The molecule has 3 heterocycles. The third kappa shape index (κ3) is 6.51. The van der Waals surface area contributed by atoms with Crippen LogP contribution in [0.3, 0.4) is 0 Å². The Morgan fingerprint density at radius 2 is 1.48 bits per heavy atom. The van der Waals surface area contributed by atoms with Crippen LogP contribution in [0.2, 0.25) is 0 Å². The number of hydrogen-bond donors (Lipinski definition) is 0.